The minimum Gasteiger partial charge on any atom is -0.484 e. The summed E-state index contributed by atoms with van der Waals surface area (Å²) in [6, 6.07) is 17.2. The summed E-state index contributed by atoms with van der Waals surface area (Å²) in [6.45, 7) is 1.79. The van der Waals surface area contributed by atoms with E-state index >= 15 is 0 Å². The lowest BCUT2D eigenvalue weighted by Crippen LogP contribution is -2.24. The van der Waals surface area contributed by atoms with E-state index in [9.17, 15) is 9.59 Å². The zero-order valence-electron chi connectivity index (χ0n) is 15.1. The highest BCUT2D eigenvalue weighted by molar-refractivity contribution is 5.88. The Labute approximate surface area is 161 Å². The number of nitrogens with zero attached hydrogens (tertiary/aromatic N) is 1. The van der Waals surface area contributed by atoms with Gasteiger partial charge in [-0.15, -0.1) is 0 Å². The van der Waals surface area contributed by atoms with Crippen molar-refractivity contribution in [3.63, 3.8) is 0 Å². The number of hydrogen-bond acceptors (Lipinski definition) is 6. The van der Waals surface area contributed by atoms with Gasteiger partial charge in [0.2, 0.25) is 5.76 Å². The van der Waals surface area contributed by atoms with Crippen LogP contribution in [0.2, 0.25) is 0 Å². The Morgan fingerprint density at radius 2 is 1.89 bits per heavy atom. The maximum atomic E-state index is 11.9. The third-order valence-corrected chi connectivity index (χ3v) is 3.55. The van der Waals surface area contributed by atoms with Crippen molar-refractivity contribution in [1.82, 2.24) is 5.43 Å². The highest BCUT2D eigenvalue weighted by atomic mass is 16.5. The maximum Gasteiger partial charge on any atom is 0.379 e. The molecule has 0 radical (unpaired) electrons. The quantitative estimate of drug-likeness (QED) is 0.295. The van der Waals surface area contributed by atoms with Gasteiger partial charge in [-0.05, 0) is 54.4 Å². The molecule has 7 nitrogen and oxygen atoms in total. The molecule has 1 amide bonds. The smallest absolute Gasteiger partial charge is 0.379 e. The van der Waals surface area contributed by atoms with Gasteiger partial charge < -0.3 is 13.9 Å². The first kappa shape index (κ1) is 18.9. The molecule has 2 aromatic carbocycles. The summed E-state index contributed by atoms with van der Waals surface area (Å²) in [4.78, 5) is 23.7. The van der Waals surface area contributed by atoms with Crippen molar-refractivity contribution in [2.24, 2.45) is 5.10 Å². The predicted octanol–water partition coefficient (Wildman–Crippen LogP) is 3.34. The molecule has 0 saturated carbocycles. The first-order valence-electron chi connectivity index (χ1n) is 8.47. The predicted molar refractivity (Wildman–Crippen MR) is 103 cm³/mol. The molecule has 142 valence electrons. The number of furan rings is 1. The van der Waals surface area contributed by atoms with Crippen molar-refractivity contribution in [2.45, 2.75) is 6.92 Å². The van der Waals surface area contributed by atoms with Crippen LogP contribution >= 0.6 is 0 Å². The monoisotopic (exact) mass is 378 g/mol. The van der Waals surface area contributed by atoms with Crippen molar-refractivity contribution >= 4 is 18.1 Å². The van der Waals surface area contributed by atoms with Crippen LogP contribution in [-0.2, 0) is 4.79 Å². The lowest BCUT2D eigenvalue weighted by Gasteiger charge is -2.05. The zero-order valence-corrected chi connectivity index (χ0v) is 15.1. The van der Waals surface area contributed by atoms with E-state index in [1.54, 1.807) is 36.4 Å². The Hall–Kier alpha value is -3.87. The molecule has 0 atom stereocenters. The second-order valence-electron chi connectivity index (χ2n) is 5.84. The van der Waals surface area contributed by atoms with Gasteiger partial charge in [0, 0.05) is 0 Å². The van der Waals surface area contributed by atoms with E-state index in [1.807, 2.05) is 25.1 Å². The van der Waals surface area contributed by atoms with Crippen LogP contribution in [-0.4, -0.2) is 24.7 Å². The Kier molecular flexibility index (Phi) is 6.20. The molecule has 0 aliphatic rings. The van der Waals surface area contributed by atoms with Gasteiger partial charge in [-0.25, -0.2) is 10.2 Å². The van der Waals surface area contributed by atoms with E-state index in [4.69, 9.17) is 13.9 Å². The second kappa shape index (κ2) is 9.18. The normalized spacial score (nSPS) is 10.6. The summed E-state index contributed by atoms with van der Waals surface area (Å²) in [5.41, 5.74) is 4.07. The molecule has 0 bridgehead atoms. The molecule has 1 heterocycles. The Balaban J connectivity index is 1.50. The van der Waals surface area contributed by atoms with Gasteiger partial charge in [-0.3, -0.25) is 4.79 Å². The molecule has 0 aliphatic carbocycles. The van der Waals surface area contributed by atoms with Gasteiger partial charge in [0.1, 0.15) is 11.5 Å². The molecular weight excluding hydrogens is 360 g/mol. The minimum absolute atomic E-state index is 0.111. The Morgan fingerprint density at radius 3 is 2.68 bits per heavy atom. The Morgan fingerprint density at radius 1 is 1.07 bits per heavy atom. The number of nitrogens with one attached hydrogen (secondary N) is 1. The van der Waals surface area contributed by atoms with Gasteiger partial charge in [-0.1, -0.05) is 24.3 Å². The molecule has 3 rings (SSSR count). The molecule has 0 aliphatic heterocycles. The average molecular weight is 378 g/mol. The topological polar surface area (TPSA) is 90.1 Å². The average Bonchev–Trinajstić information content (AvgIpc) is 3.22. The number of carbonyl (C=O) groups excluding carboxylic acids is 2. The van der Waals surface area contributed by atoms with Crippen LogP contribution in [0.5, 0.6) is 11.5 Å². The molecular formula is C21H18N2O5. The third kappa shape index (κ3) is 5.57. The maximum absolute atomic E-state index is 11.9. The van der Waals surface area contributed by atoms with E-state index < -0.39 is 11.9 Å². The number of hydrogen-bond donors (Lipinski definition) is 1. The summed E-state index contributed by atoms with van der Waals surface area (Å²) < 4.78 is 15.6. The highest BCUT2D eigenvalue weighted by Gasteiger charge is 2.11. The first-order valence-corrected chi connectivity index (χ1v) is 8.47. The number of rotatable bonds is 7. The van der Waals surface area contributed by atoms with Crippen LogP contribution in [0.4, 0.5) is 0 Å². The van der Waals surface area contributed by atoms with Gasteiger partial charge in [-0.2, -0.15) is 5.10 Å². The van der Waals surface area contributed by atoms with Crippen molar-refractivity contribution in [1.29, 1.82) is 0 Å². The molecule has 7 heteroatoms. The molecule has 1 aromatic heterocycles. The van der Waals surface area contributed by atoms with Crippen molar-refractivity contribution in [2.75, 3.05) is 6.61 Å². The van der Waals surface area contributed by atoms with E-state index in [0.717, 1.165) is 5.56 Å². The standard InChI is InChI=1S/C21H18N2O5/c1-15-5-2-7-17(11-15)27-14-20(24)23-22-13-16-6-3-8-18(12-16)28-21(25)19-9-4-10-26-19/h2-13H,14H2,1H3,(H,23,24)/b22-13-. The van der Waals surface area contributed by atoms with Gasteiger partial charge >= 0.3 is 5.97 Å². The largest absolute Gasteiger partial charge is 0.484 e. The molecule has 0 fully saturated rings. The number of ether oxygens (including phenoxy) is 2. The van der Waals surface area contributed by atoms with Gasteiger partial charge in [0.05, 0.1) is 12.5 Å². The lowest BCUT2D eigenvalue weighted by atomic mass is 10.2. The molecule has 28 heavy (non-hydrogen) atoms. The summed E-state index contributed by atoms with van der Waals surface area (Å²) in [5.74, 6) is 0.0726. The van der Waals surface area contributed by atoms with E-state index in [2.05, 4.69) is 10.5 Å². The van der Waals surface area contributed by atoms with Gasteiger partial charge in [0.15, 0.2) is 6.61 Å². The molecule has 3 aromatic rings. The number of amides is 1. The SMILES string of the molecule is Cc1cccc(OCC(=O)N/N=C\c2cccc(OC(=O)c3ccco3)c2)c1. The van der Waals surface area contributed by atoms with Crippen molar-refractivity contribution < 1.29 is 23.5 Å². The number of carbonyl (C=O) groups is 2. The number of aryl methyl sites for hydroxylation is 1. The van der Waals surface area contributed by atoms with E-state index in [-0.39, 0.29) is 12.4 Å². The van der Waals surface area contributed by atoms with Crippen LogP contribution in [0.1, 0.15) is 21.7 Å². The fraction of sp³-hybridized carbons (Fsp3) is 0.0952. The highest BCUT2D eigenvalue weighted by Crippen LogP contribution is 2.15. The minimum atomic E-state index is -0.597. The van der Waals surface area contributed by atoms with Crippen LogP contribution in [0.25, 0.3) is 0 Å². The fourth-order valence-corrected chi connectivity index (χ4v) is 2.28. The van der Waals surface area contributed by atoms with Crippen LogP contribution < -0.4 is 14.9 Å². The van der Waals surface area contributed by atoms with E-state index in [1.165, 1.54) is 18.5 Å². The number of hydrazone groups is 1. The molecule has 0 spiro atoms. The van der Waals surface area contributed by atoms with Crippen LogP contribution in [0.3, 0.4) is 0 Å². The Bertz CT molecular complexity index is 980. The molecule has 0 unspecified atom stereocenters. The van der Waals surface area contributed by atoms with E-state index in [0.29, 0.717) is 17.1 Å². The third-order valence-electron chi connectivity index (χ3n) is 3.55. The summed E-state index contributed by atoms with van der Waals surface area (Å²) in [7, 11) is 0. The summed E-state index contributed by atoms with van der Waals surface area (Å²) >= 11 is 0. The summed E-state index contributed by atoms with van der Waals surface area (Å²) in [5, 5.41) is 3.88. The first-order chi connectivity index (χ1) is 13.6. The van der Waals surface area contributed by atoms with Crippen LogP contribution in [0, 0.1) is 6.92 Å². The fourth-order valence-electron chi connectivity index (χ4n) is 2.28. The second-order valence-corrected chi connectivity index (χ2v) is 5.84. The summed E-state index contributed by atoms with van der Waals surface area (Å²) in [6.07, 6.45) is 2.83. The van der Waals surface area contributed by atoms with Gasteiger partial charge in [0.25, 0.3) is 5.91 Å². The molecule has 1 N–H and O–H groups in total. The zero-order chi connectivity index (χ0) is 19.8. The van der Waals surface area contributed by atoms with Crippen LogP contribution in [0.15, 0.2) is 76.4 Å². The van der Waals surface area contributed by atoms with Crippen molar-refractivity contribution in [3.05, 3.63) is 83.8 Å². The number of benzene rings is 2. The number of esters is 1. The lowest BCUT2D eigenvalue weighted by molar-refractivity contribution is -0.123. The van der Waals surface area contributed by atoms with Crippen molar-refractivity contribution in [3.8, 4) is 11.5 Å². The molecule has 0 saturated heterocycles.